The van der Waals surface area contributed by atoms with Crippen LogP contribution in [-0.4, -0.2) is 6.71 Å². The summed E-state index contributed by atoms with van der Waals surface area (Å²) < 4.78 is 0. The molecule has 0 atom stereocenters. The van der Waals surface area contributed by atoms with Crippen LogP contribution >= 0.6 is 0 Å². The summed E-state index contributed by atoms with van der Waals surface area (Å²) in [6, 6.07) is 91.2. The van der Waals surface area contributed by atoms with Crippen LogP contribution < -0.4 is 26.2 Å². The van der Waals surface area contributed by atoms with Crippen molar-refractivity contribution in [3.8, 4) is 55.6 Å². The fourth-order valence-corrected chi connectivity index (χ4v) is 9.94. The molecule has 294 valence electrons. The Balaban J connectivity index is 1.18. The Kier molecular flexibility index (Phi) is 8.97. The maximum atomic E-state index is 2.56. The molecule has 0 amide bonds. The third-order valence-electron chi connectivity index (χ3n) is 12.8. The van der Waals surface area contributed by atoms with Gasteiger partial charge in [0, 0.05) is 39.7 Å². The minimum absolute atomic E-state index is 0.0504. The van der Waals surface area contributed by atoms with Gasteiger partial charge < -0.3 is 9.80 Å². The summed E-state index contributed by atoms with van der Waals surface area (Å²) in [5.74, 6) is 0. The molecule has 0 radical (unpaired) electrons. The summed E-state index contributed by atoms with van der Waals surface area (Å²) in [7, 11) is 0. The van der Waals surface area contributed by atoms with E-state index in [1.54, 1.807) is 0 Å². The lowest BCUT2D eigenvalue weighted by molar-refractivity contribution is 1.25. The highest BCUT2D eigenvalue weighted by Crippen LogP contribution is 2.49. The average Bonchev–Trinajstić information content (AvgIpc) is 3.37. The number of hydrogen-bond acceptors (Lipinski definition) is 2. The van der Waals surface area contributed by atoms with E-state index in [1.807, 2.05) is 0 Å². The Morgan fingerprint density at radius 2 is 0.714 bits per heavy atom. The van der Waals surface area contributed by atoms with E-state index in [-0.39, 0.29) is 6.71 Å². The lowest BCUT2D eigenvalue weighted by atomic mass is 9.33. The first-order valence-corrected chi connectivity index (χ1v) is 21.8. The zero-order valence-corrected chi connectivity index (χ0v) is 34.6. The molecule has 0 fully saturated rings. The standard InChI is InChI=1S/C60H41BN2/c1-6-18-42(19-7-1)46-32-35-51(36-33-46)62-56-37-34-49(44-22-10-3-11-23-44)39-55(56)61-54-31-17-30-53(47-26-14-5-15-27-47)60(54)63(52-29-16-28-48(38-52)43-20-8-2-9-21-43)58-41-50(40-57(62)59(58)61)45-24-12-4-13-25-45/h1-41H. The van der Waals surface area contributed by atoms with Crippen molar-refractivity contribution in [3.63, 3.8) is 0 Å². The quantitative estimate of drug-likeness (QED) is 0.148. The molecule has 10 aromatic carbocycles. The molecule has 0 saturated heterocycles. The van der Waals surface area contributed by atoms with Gasteiger partial charge in [-0.25, -0.2) is 0 Å². The highest BCUT2D eigenvalue weighted by atomic mass is 15.2. The molecule has 0 aliphatic carbocycles. The third kappa shape index (κ3) is 6.37. The van der Waals surface area contributed by atoms with Gasteiger partial charge in [0.2, 0.25) is 0 Å². The molecule has 0 unspecified atom stereocenters. The number of fused-ring (bicyclic) bond motifs is 4. The van der Waals surface area contributed by atoms with Gasteiger partial charge in [0.05, 0.1) is 0 Å². The van der Waals surface area contributed by atoms with Gasteiger partial charge in [0.15, 0.2) is 0 Å². The van der Waals surface area contributed by atoms with Gasteiger partial charge in [-0.1, -0.05) is 206 Å². The average molecular weight is 801 g/mol. The molecule has 3 heteroatoms. The summed E-state index contributed by atoms with van der Waals surface area (Å²) in [6.07, 6.45) is 0. The number of nitrogens with zero attached hydrogens (tertiary/aromatic N) is 2. The van der Waals surface area contributed by atoms with Crippen molar-refractivity contribution in [3.05, 3.63) is 249 Å². The molecule has 63 heavy (non-hydrogen) atoms. The van der Waals surface area contributed by atoms with Crippen molar-refractivity contribution >= 4 is 57.2 Å². The Morgan fingerprint density at radius 1 is 0.254 bits per heavy atom. The SMILES string of the molecule is c1ccc(-c2ccc(N3c4ccc(-c5ccccc5)cc4B4c5cccc(-c6ccccc6)c5N(c5cccc(-c6ccccc6)c5)c5cc(-c6ccccc6)cc3c54)cc2)cc1. The van der Waals surface area contributed by atoms with Crippen LogP contribution in [0.25, 0.3) is 55.6 Å². The maximum absolute atomic E-state index is 2.56. The van der Waals surface area contributed by atoms with Crippen molar-refractivity contribution in [2.75, 3.05) is 9.80 Å². The third-order valence-corrected chi connectivity index (χ3v) is 12.8. The van der Waals surface area contributed by atoms with Gasteiger partial charge in [-0.2, -0.15) is 0 Å². The van der Waals surface area contributed by atoms with E-state index in [9.17, 15) is 0 Å². The van der Waals surface area contributed by atoms with Crippen molar-refractivity contribution in [2.45, 2.75) is 0 Å². The first-order chi connectivity index (χ1) is 31.3. The fourth-order valence-electron chi connectivity index (χ4n) is 9.94. The van der Waals surface area contributed by atoms with Crippen molar-refractivity contribution in [2.24, 2.45) is 0 Å². The Hall–Kier alpha value is -8.14. The van der Waals surface area contributed by atoms with Gasteiger partial charge >= 0.3 is 0 Å². The van der Waals surface area contributed by atoms with E-state index >= 15 is 0 Å². The Morgan fingerprint density at radius 3 is 1.32 bits per heavy atom. The van der Waals surface area contributed by atoms with Gasteiger partial charge in [0.1, 0.15) is 0 Å². The highest BCUT2D eigenvalue weighted by Gasteiger charge is 2.44. The van der Waals surface area contributed by atoms with Crippen LogP contribution in [0.15, 0.2) is 249 Å². The fraction of sp³-hybridized carbons (Fsp3) is 0. The molecule has 0 saturated carbocycles. The number of benzene rings is 10. The topological polar surface area (TPSA) is 6.48 Å². The smallest absolute Gasteiger partial charge is 0.252 e. The molecule has 2 nitrogen and oxygen atoms in total. The lowest BCUT2D eigenvalue weighted by Crippen LogP contribution is -2.61. The van der Waals surface area contributed by atoms with Crippen molar-refractivity contribution in [1.82, 2.24) is 0 Å². The van der Waals surface area contributed by atoms with E-state index < -0.39 is 0 Å². The number of anilines is 6. The second kappa shape index (κ2) is 15.4. The summed E-state index contributed by atoms with van der Waals surface area (Å²) in [5, 5.41) is 0. The molecule has 0 spiro atoms. The van der Waals surface area contributed by atoms with Crippen LogP contribution in [0.5, 0.6) is 0 Å². The summed E-state index contributed by atoms with van der Waals surface area (Å²) in [4.78, 5) is 5.08. The lowest BCUT2D eigenvalue weighted by Gasteiger charge is -2.45. The van der Waals surface area contributed by atoms with Crippen molar-refractivity contribution in [1.29, 1.82) is 0 Å². The summed E-state index contributed by atoms with van der Waals surface area (Å²) in [5.41, 5.74) is 22.8. The van der Waals surface area contributed by atoms with Crippen LogP contribution in [0.4, 0.5) is 34.1 Å². The Bertz CT molecular complexity index is 3260. The normalized spacial score (nSPS) is 12.3. The van der Waals surface area contributed by atoms with E-state index in [4.69, 9.17) is 0 Å². The predicted octanol–water partition coefficient (Wildman–Crippen LogP) is 14.1. The van der Waals surface area contributed by atoms with Gasteiger partial charge in [0.25, 0.3) is 6.71 Å². The van der Waals surface area contributed by atoms with E-state index in [1.165, 1.54) is 94.8 Å². The minimum Gasteiger partial charge on any atom is -0.311 e. The maximum Gasteiger partial charge on any atom is 0.252 e. The zero-order chi connectivity index (χ0) is 41.7. The van der Waals surface area contributed by atoms with E-state index in [0.717, 1.165) is 11.4 Å². The Labute approximate surface area is 369 Å². The molecule has 0 aromatic heterocycles. The highest BCUT2D eigenvalue weighted by molar-refractivity contribution is 7.00. The molecule has 2 aliphatic rings. The molecule has 0 bridgehead atoms. The van der Waals surface area contributed by atoms with Crippen LogP contribution in [-0.2, 0) is 0 Å². The van der Waals surface area contributed by atoms with Gasteiger partial charge in [-0.15, -0.1) is 0 Å². The molecule has 2 aliphatic heterocycles. The number of rotatable bonds is 7. The van der Waals surface area contributed by atoms with Gasteiger partial charge in [-0.3, -0.25) is 0 Å². The van der Waals surface area contributed by atoms with Crippen LogP contribution in [0, 0.1) is 0 Å². The monoisotopic (exact) mass is 800 g/mol. The van der Waals surface area contributed by atoms with E-state index in [2.05, 4.69) is 259 Å². The second-order valence-electron chi connectivity index (χ2n) is 16.5. The predicted molar refractivity (Wildman–Crippen MR) is 268 cm³/mol. The van der Waals surface area contributed by atoms with Crippen LogP contribution in [0.3, 0.4) is 0 Å². The molecule has 10 aromatic rings. The second-order valence-corrected chi connectivity index (χ2v) is 16.5. The molecular weight excluding hydrogens is 759 g/mol. The minimum atomic E-state index is -0.0504. The van der Waals surface area contributed by atoms with Crippen LogP contribution in [0.2, 0.25) is 0 Å². The first-order valence-electron chi connectivity index (χ1n) is 21.8. The molecule has 0 N–H and O–H groups in total. The number of para-hydroxylation sites is 1. The first kappa shape index (κ1) is 36.7. The molecule has 12 rings (SSSR count). The van der Waals surface area contributed by atoms with Crippen LogP contribution in [0.1, 0.15) is 0 Å². The largest absolute Gasteiger partial charge is 0.311 e. The number of hydrogen-bond donors (Lipinski definition) is 0. The molecule has 2 heterocycles. The van der Waals surface area contributed by atoms with E-state index in [0.29, 0.717) is 0 Å². The van der Waals surface area contributed by atoms with Gasteiger partial charge in [-0.05, 0) is 109 Å². The zero-order valence-electron chi connectivity index (χ0n) is 34.6. The summed E-state index contributed by atoms with van der Waals surface area (Å²) in [6.45, 7) is -0.0504. The molecular formula is C60H41BN2. The summed E-state index contributed by atoms with van der Waals surface area (Å²) >= 11 is 0. The van der Waals surface area contributed by atoms with Crippen molar-refractivity contribution < 1.29 is 0 Å².